The number of carbonyl (C=O) groups is 1. The summed E-state index contributed by atoms with van der Waals surface area (Å²) in [6.45, 7) is -2.88. The molecule has 2 aromatic rings. The Bertz CT molecular complexity index is 647. The van der Waals surface area contributed by atoms with E-state index in [0.717, 1.165) is 10.2 Å². The molecule has 1 aromatic heterocycles. The molecule has 0 N–H and O–H groups in total. The van der Waals surface area contributed by atoms with Gasteiger partial charge in [-0.1, -0.05) is 0 Å². The molecule has 0 unspecified atom stereocenters. The molecule has 110 valence electrons. The van der Waals surface area contributed by atoms with E-state index in [4.69, 9.17) is 0 Å². The minimum atomic E-state index is -2.88. The van der Waals surface area contributed by atoms with Crippen molar-refractivity contribution >= 4 is 27.8 Å². The summed E-state index contributed by atoms with van der Waals surface area (Å²) in [4.78, 5) is 12.0. The second-order valence-corrected chi connectivity index (χ2v) is 4.96. The van der Waals surface area contributed by atoms with Crippen LogP contribution in [-0.4, -0.2) is 22.2 Å². The quantitative estimate of drug-likeness (QED) is 0.606. The number of hydrogen-bond donors (Lipinski definition) is 0. The zero-order chi connectivity index (χ0) is 15.4. The average molecular weight is 357 g/mol. The molecule has 7 heteroatoms. The maximum Gasteiger partial charge on any atom is 0.387 e. The van der Waals surface area contributed by atoms with Gasteiger partial charge in [-0.2, -0.15) is 13.9 Å². The SMILES string of the molecule is Cn1ncc(Br)c1/C=C/C(=O)c1ccc(OC(F)F)cc1. The molecule has 21 heavy (non-hydrogen) atoms. The van der Waals surface area contributed by atoms with Gasteiger partial charge in [0, 0.05) is 12.6 Å². The number of rotatable bonds is 5. The first-order valence-corrected chi connectivity index (χ1v) is 6.71. The van der Waals surface area contributed by atoms with Crippen molar-refractivity contribution in [3.05, 3.63) is 52.3 Å². The van der Waals surface area contributed by atoms with Crippen LogP contribution in [0.5, 0.6) is 5.75 Å². The molecule has 0 spiro atoms. The van der Waals surface area contributed by atoms with E-state index in [1.165, 1.54) is 30.3 Å². The van der Waals surface area contributed by atoms with Crippen molar-refractivity contribution in [1.82, 2.24) is 9.78 Å². The summed E-state index contributed by atoms with van der Waals surface area (Å²) in [5, 5.41) is 4.03. The molecule has 0 amide bonds. The Morgan fingerprint density at radius 2 is 2.05 bits per heavy atom. The molecule has 0 atom stereocenters. The largest absolute Gasteiger partial charge is 0.435 e. The normalized spacial score (nSPS) is 11.3. The van der Waals surface area contributed by atoms with Crippen molar-refractivity contribution in [3.63, 3.8) is 0 Å². The minimum Gasteiger partial charge on any atom is -0.435 e. The van der Waals surface area contributed by atoms with Crippen LogP contribution in [0.4, 0.5) is 8.78 Å². The van der Waals surface area contributed by atoms with Gasteiger partial charge in [0.2, 0.25) is 0 Å². The highest BCUT2D eigenvalue weighted by atomic mass is 79.9. The van der Waals surface area contributed by atoms with E-state index in [1.807, 2.05) is 0 Å². The molecule has 0 saturated heterocycles. The molecular weight excluding hydrogens is 346 g/mol. The number of carbonyl (C=O) groups excluding carboxylic acids is 1. The molecule has 1 aromatic carbocycles. The number of aromatic nitrogens is 2. The van der Waals surface area contributed by atoms with Crippen LogP contribution >= 0.6 is 15.9 Å². The van der Waals surface area contributed by atoms with E-state index in [2.05, 4.69) is 25.8 Å². The Kier molecular flexibility index (Phi) is 4.85. The first-order valence-electron chi connectivity index (χ1n) is 5.92. The minimum absolute atomic E-state index is 0.0138. The third-order valence-corrected chi connectivity index (χ3v) is 3.31. The lowest BCUT2D eigenvalue weighted by molar-refractivity contribution is -0.0498. The topological polar surface area (TPSA) is 44.1 Å². The fourth-order valence-electron chi connectivity index (χ4n) is 1.66. The standard InChI is InChI=1S/C14H11BrF2N2O2/c1-19-12(11(15)8-18-19)6-7-13(20)9-2-4-10(5-3-9)21-14(16)17/h2-8,14H,1H3/b7-6+. The summed E-state index contributed by atoms with van der Waals surface area (Å²) < 4.78 is 30.7. The lowest BCUT2D eigenvalue weighted by Crippen LogP contribution is -2.02. The summed E-state index contributed by atoms with van der Waals surface area (Å²) in [6, 6.07) is 5.52. The van der Waals surface area contributed by atoms with Crippen LogP contribution in [0.2, 0.25) is 0 Å². The number of hydrogen-bond acceptors (Lipinski definition) is 3. The molecule has 2 rings (SSSR count). The van der Waals surface area contributed by atoms with E-state index in [0.29, 0.717) is 5.56 Å². The highest BCUT2D eigenvalue weighted by Crippen LogP contribution is 2.18. The molecule has 0 saturated carbocycles. The predicted octanol–water partition coefficient (Wildman–Crippen LogP) is 3.68. The molecule has 0 aliphatic carbocycles. The lowest BCUT2D eigenvalue weighted by Gasteiger charge is -2.04. The summed E-state index contributed by atoms with van der Waals surface area (Å²) in [5.74, 6) is -0.230. The van der Waals surface area contributed by atoms with E-state index in [9.17, 15) is 13.6 Å². The highest BCUT2D eigenvalue weighted by Gasteiger charge is 2.07. The second kappa shape index (κ2) is 6.62. The summed E-state index contributed by atoms with van der Waals surface area (Å²) in [7, 11) is 1.76. The maximum atomic E-state index is 12.0. The summed E-state index contributed by atoms with van der Waals surface area (Å²) in [5.41, 5.74) is 1.13. The molecule has 0 aliphatic heterocycles. The molecule has 0 radical (unpaired) electrons. The Labute approximate surface area is 128 Å². The fraction of sp³-hybridized carbons (Fsp3) is 0.143. The van der Waals surface area contributed by atoms with Gasteiger partial charge < -0.3 is 4.74 Å². The first kappa shape index (κ1) is 15.4. The van der Waals surface area contributed by atoms with Crippen LogP contribution in [0, 0.1) is 0 Å². The number of ketones is 1. The van der Waals surface area contributed by atoms with Gasteiger partial charge in [0.15, 0.2) is 5.78 Å². The molecule has 1 heterocycles. The van der Waals surface area contributed by atoms with Gasteiger partial charge in [-0.3, -0.25) is 9.48 Å². The van der Waals surface area contributed by atoms with Crippen LogP contribution in [0.15, 0.2) is 41.0 Å². The van der Waals surface area contributed by atoms with Crippen LogP contribution in [-0.2, 0) is 7.05 Å². The summed E-state index contributed by atoms with van der Waals surface area (Å²) >= 11 is 3.32. The number of nitrogens with zero attached hydrogens (tertiary/aromatic N) is 2. The number of aryl methyl sites for hydroxylation is 1. The number of allylic oxidation sites excluding steroid dienone is 1. The van der Waals surface area contributed by atoms with Gasteiger partial charge in [-0.05, 0) is 52.3 Å². The Morgan fingerprint density at radius 3 is 2.57 bits per heavy atom. The average Bonchev–Trinajstić information content (AvgIpc) is 2.75. The first-order chi connectivity index (χ1) is 9.97. The van der Waals surface area contributed by atoms with Crippen molar-refractivity contribution in [1.29, 1.82) is 0 Å². The monoisotopic (exact) mass is 356 g/mol. The smallest absolute Gasteiger partial charge is 0.387 e. The van der Waals surface area contributed by atoms with Crippen molar-refractivity contribution in [2.45, 2.75) is 6.61 Å². The van der Waals surface area contributed by atoms with Gasteiger partial charge in [0.05, 0.1) is 16.4 Å². The van der Waals surface area contributed by atoms with Crippen molar-refractivity contribution in [2.75, 3.05) is 0 Å². The van der Waals surface area contributed by atoms with Gasteiger partial charge in [-0.25, -0.2) is 0 Å². The maximum absolute atomic E-state index is 12.0. The third-order valence-electron chi connectivity index (χ3n) is 2.69. The number of ether oxygens (including phenoxy) is 1. The van der Waals surface area contributed by atoms with Crippen LogP contribution in [0.25, 0.3) is 6.08 Å². The third kappa shape index (κ3) is 3.98. The van der Waals surface area contributed by atoms with E-state index >= 15 is 0 Å². The highest BCUT2D eigenvalue weighted by molar-refractivity contribution is 9.10. The van der Waals surface area contributed by atoms with Gasteiger partial charge in [-0.15, -0.1) is 0 Å². The molecule has 0 aliphatic rings. The molecule has 0 bridgehead atoms. The van der Waals surface area contributed by atoms with E-state index < -0.39 is 6.61 Å². The van der Waals surface area contributed by atoms with E-state index in [-0.39, 0.29) is 11.5 Å². The van der Waals surface area contributed by atoms with E-state index in [1.54, 1.807) is 24.0 Å². The summed E-state index contributed by atoms with van der Waals surface area (Å²) in [6.07, 6.45) is 4.65. The Morgan fingerprint density at radius 1 is 1.38 bits per heavy atom. The molecule has 0 fully saturated rings. The fourth-order valence-corrected chi connectivity index (χ4v) is 2.14. The number of halogens is 3. The van der Waals surface area contributed by atoms with Gasteiger partial charge >= 0.3 is 6.61 Å². The predicted molar refractivity (Wildman–Crippen MR) is 77.3 cm³/mol. The van der Waals surface area contributed by atoms with Crippen LogP contribution in [0.1, 0.15) is 16.1 Å². The van der Waals surface area contributed by atoms with Gasteiger partial charge in [0.1, 0.15) is 5.75 Å². The number of alkyl halides is 2. The van der Waals surface area contributed by atoms with Crippen LogP contribution in [0.3, 0.4) is 0 Å². The lowest BCUT2D eigenvalue weighted by atomic mass is 10.1. The van der Waals surface area contributed by atoms with Crippen molar-refractivity contribution in [2.24, 2.45) is 7.05 Å². The Balaban J connectivity index is 2.10. The Hall–Kier alpha value is -2.02. The van der Waals surface area contributed by atoms with Gasteiger partial charge in [0.25, 0.3) is 0 Å². The van der Waals surface area contributed by atoms with Crippen molar-refractivity contribution in [3.8, 4) is 5.75 Å². The van der Waals surface area contributed by atoms with Crippen LogP contribution < -0.4 is 4.74 Å². The molecular formula is C14H11BrF2N2O2. The van der Waals surface area contributed by atoms with Crippen molar-refractivity contribution < 1.29 is 18.3 Å². The zero-order valence-electron chi connectivity index (χ0n) is 11.0. The molecule has 4 nitrogen and oxygen atoms in total. The second-order valence-electron chi connectivity index (χ2n) is 4.10. The zero-order valence-corrected chi connectivity index (χ0v) is 12.5. The number of benzene rings is 1.